The van der Waals surface area contributed by atoms with Gasteiger partial charge in [0.1, 0.15) is 11.4 Å². The van der Waals surface area contributed by atoms with Gasteiger partial charge in [-0.25, -0.2) is 23.5 Å². The van der Waals surface area contributed by atoms with Gasteiger partial charge in [0.25, 0.3) is 5.92 Å². The number of carbonyl (C=O) groups is 1. The molecule has 2 heterocycles. The molecule has 0 bridgehead atoms. The summed E-state index contributed by atoms with van der Waals surface area (Å²) in [4.78, 5) is 20.9. The molecule has 5 nitrogen and oxygen atoms in total. The maximum Gasteiger partial charge on any atom is 0.376 e. The van der Waals surface area contributed by atoms with E-state index in [1.165, 1.54) is 17.2 Å². The van der Waals surface area contributed by atoms with Gasteiger partial charge >= 0.3 is 5.97 Å². The molecule has 1 aromatic heterocycles. The second-order valence-electron chi connectivity index (χ2n) is 5.45. The van der Waals surface area contributed by atoms with E-state index < -0.39 is 30.6 Å². The van der Waals surface area contributed by atoms with Crippen molar-refractivity contribution in [2.75, 3.05) is 18.0 Å². The number of nitrogens with zero attached hydrogens (tertiary/aromatic N) is 3. The lowest BCUT2D eigenvalue weighted by atomic mass is 10.1. The minimum absolute atomic E-state index is 0.123. The highest BCUT2D eigenvalue weighted by molar-refractivity contribution is 5.85. The first-order valence-corrected chi connectivity index (χ1v) is 5.85. The van der Waals surface area contributed by atoms with E-state index >= 15 is 0 Å². The number of halogens is 2. The van der Waals surface area contributed by atoms with Crippen molar-refractivity contribution in [3.8, 4) is 0 Å². The average Bonchev–Trinajstić information content (AvgIpc) is 2.23. The van der Waals surface area contributed by atoms with Gasteiger partial charge in [-0.15, -0.1) is 0 Å². The van der Waals surface area contributed by atoms with Crippen molar-refractivity contribution in [3.63, 3.8) is 0 Å². The molecule has 0 atom stereocenters. The van der Waals surface area contributed by atoms with E-state index in [1.807, 2.05) is 0 Å². The standard InChI is InChI=1S/C12H15F2N3O2/c1-11(2,3)19-10(18)9-15-5-4-8(16-9)17-6-12(13,14)7-17/h4-5H,6-7H2,1-3H3. The lowest BCUT2D eigenvalue weighted by Gasteiger charge is -2.39. The largest absolute Gasteiger partial charge is 0.454 e. The summed E-state index contributed by atoms with van der Waals surface area (Å²) in [6.45, 7) is 4.40. The second-order valence-corrected chi connectivity index (χ2v) is 5.45. The Kier molecular flexibility index (Phi) is 3.15. The van der Waals surface area contributed by atoms with Gasteiger partial charge in [-0.3, -0.25) is 0 Å². The van der Waals surface area contributed by atoms with Crippen molar-refractivity contribution in [2.45, 2.75) is 32.3 Å². The van der Waals surface area contributed by atoms with Gasteiger partial charge in [0, 0.05) is 6.20 Å². The summed E-state index contributed by atoms with van der Waals surface area (Å²) >= 11 is 0. The number of aromatic nitrogens is 2. The van der Waals surface area contributed by atoms with Crippen LogP contribution in [0.4, 0.5) is 14.6 Å². The van der Waals surface area contributed by atoms with Crippen LogP contribution in [0.2, 0.25) is 0 Å². The molecular weight excluding hydrogens is 256 g/mol. The first-order valence-electron chi connectivity index (χ1n) is 5.85. The van der Waals surface area contributed by atoms with Crippen LogP contribution in [0.15, 0.2) is 12.3 Å². The molecule has 2 rings (SSSR count). The number of hydrogen-bond donors (Lipinski definition) is 0. The van der Waals surface area contributed by atoms with E-state index in [2.05, 4.69) is 9.97 Å². The lowest BCUT2D eigenvalue weighted by molar-refractivity contribution is -0.0267. The normalized spacial score (nSPS) is 17.8. The number of ether oxygens (including phenoxy) is 1. The molecule has 0 amide bonds. The van der Waals surface area contributed by atoms with Crippen LogP contribution in [-0.4, -0.2) is 40.6 Å². The highest BCUT2D eigenvalue weighted by atomic mass is 19.3. The second kappa shape index (κ2) is 4.40. The Labute approximate surface area is 109 Å². The van der Waals surface area contributed by atoms with E-state index in [4.69, 9.17) is 4.74 Å². The molecule has 7 heteroatoms. The lowest BCUT2D eigenvalue weighted by Crippen LogP contribution is -2.56. The van der Waals surface area contributed by atoms with Crippen molar-refractivity contribution in [1.82, 2.24) is 9.97 Å². The third kappa shape index (κ3) is 3.36. The Morgan fingerprint density at radius 3 is 2.58 bits per heavy atom. The molecule has 19 heavy (non-hydrogen) atoms. The number of esters is 1. The average molecular weight is 271 g/mol. The summed E-state index contributed by atoms with van der Waals surface area (Å²) < 4.78 is 30.7. The Hall–Kier alpha value is -1.79. The van der Waals surface area contributed by atoms with Crippen LogP contribution in [0, 0.1) is 0 Å². The number of hydrogen-bond acceptors (Lipinski definition) is 5. The Balaban J connectivity index is 2.10. The van der Waals surface area contributed by atoms with Crippen molar-refractivity contribution >= 4 is 11.8 Å². The predicted molar refractivity (Wildman–Crippen MR) is 64.4 cm³/mol. The quantitative estimate of drug-likeness (QED) is 0.769. The smallest absolute Gasteiger partial charge is 0.376 e. The SMILES string of the molecule is CC(C)(C)OC(=O)c1nccc(N2CC(F)(F)C2)n1. The monoisotopic (exact) mass is 271 g/mol. The molecule has 1 aliphatic rings. The summed E-state index contributed by atoms with van der Waals surface area (Å²) in [5, 5.41) is 0. The van der Waals surface area contributed by atoms with Crippen molar-refractivity contribution < 1.29 is 18.3 Å². The van der Waals surface area contributed by atoms with E-state index in [9.17, 15) is 13.6 Å². The molecule has 0 unspecified atom stereocenters. The zero-order valence-electron chi connectivity index (χ0n) is 11.0. The molecule has 0 radical (unpaired) electrons. The predicted octanol–water partition coefficient (Wildman–Crippen LogP) is 1.89. The molecule has 104 valence electrons. The molecule has 0 saturated carbocycles. The van der Waals surface area contributed by atoms with Crippen molar-refractivity contribution in [2.24, 2.45) is 0 Å². The van der Waals surface area contributed by atoms with Crippen LogP contribution < -0.4 is 4.90 Å². The molecule has 1 aromatic rings. The van der Waals surface area contributed by atoms with Gasteiger partial charge < -0.3 is 9.64 Å². The molecule has 0 aromatic carbocycles. The number of carbonyl (C=O) groups excluding carboxylic acids is 1. The summed E-state index contributed by atoms with van der Waals surface area (Å²) in [6, 6.07) is 1.49. The van der Waals surface area contributed by atoms with Gasteiger partial charge in [-0.2, -0.15) is 0 Å². The molecule has 1 saturated heterocycles. The Morgan fingerprint density at radius 2 is 2.05 bits per heavy atom. The number of alkyl halides is 2. The Morgan fingerprint density at radius 1 is 1.42 bits per heavy atom. The van der Waals surface area contributed by atoms with E-state index in [1.54, 1.807) is 20.8 Å². The summed E-state index contributed by atoms with van der Waals surface area (Å²) in [5.74, 6) is -3.16. The van der Waals surface area contributed by atoms with Crippen LogP contribution in [0.5, 0.6) is 0 Å². The van der Waals surface area contributed by atoms with Gasteiger partial charge in [0.05, 0.1) is 13.1 Å². The van der Waals surface area contributed by atoms with Gasteiger partial charge in [0.15, 0.2) is 0 Å². The van der Waals surface area contributed by atoms with E-state index in [0.717, 1.165) is 0 Å². The number of anilines is 1. The van der Waals surface area contributed by atoms with Crippen LogP contribution in [0.25, 0.3) is 0 Å². The van der Waals surface area contributed by atoms with Gasteiger partial charge in [-0.1, -0.05) is 0 Å². The van der Waals surface area contributed by atoms with Crippen LogP contribution in [0.3, 0.4) is 0 Å². The van der Waals surface area contributed by atoms with Crippen LogP contribution >= 0.6 is 0 Å². The molecule has 1 fully saturated rings. The maximum absolute atomic E-state index is 12.8. The zero-order valence-corrected chi connectivity index (χ0v) is 11.0. The maximum atomic E-state index is 12.8. The van der Waals surface area contributed by atoms with Gasteiger partial charge in [-0.05, 0) is 26.8 Å². The molecule has 0 N–H and O–H groups in total. The molecule has 0 aliphatic carbocycles. The van der Waals surface area contributed by atoms with Crippen LogP contribution in [-0.2, 0) is 4.74 Å². The molecular formula is C12H15F2N3O2. The van der Waals surface area contributed by atoms with Crippen molar-refractivity contribution in [3.05, 3.63) is 18.1 Å². The number of rotatable bonds is 2. The van der Waals surface area contributed by atoms with Gasteiger partial charge in [0.2, 0.25) is 5.82 Å². The molecule has 0 spiro atoms. The van der Waals surface area contributed by atoms with Crippen LogP contribution in [0.1, 0.15) is 31.4 Å². The molecule has 1 aliphatic heterocycles. The fourth-order valence-corrected chi connectivity index (χ4v) is 1.62. The van der Waals surface area contributed by atoms with E-state index in [-0.39, 0.29) is 5.82 Å². The highest BCUT2D eigenvalue weighted by Gasteiger charge is 2.44. The fraction of sp³-hybridized carbons (Fsp3) is 0.583. The van der Waals surface area contributed by atoms with Crippen molar-refractivity contribution in [1.29, 1.82) is 0 Å². The summed E-state index contributed by atoms with van der Waals surface area (Å²) in [6.07, 6.45) is 1.36. The highest BCUT2D eigenvalue weighted by Crippen LogP contribution is 2.30. The first-order chi connectivity index (χ1) is 8.66. The zero-order chi connectivity index (χ0) is 14.3. The minimum Gasteiger partial charge on any atom is -0.454 e. The summed E-state index contributed by atoms with van der Waals surface area (Å²) in [5.41, 5.74) is -0.653. The fourth-order valence-electron chi connectivity index (χ4n) is 1.62. The van der Waals surface area contributed by atoms with E-state index in [0.29, 0.717) is 5.82 Å². The third-order valence-corrected chi connectivity index (χ3v) is 2.39. The third-order valence-electron chi connectivity index (χ3n) is 2.39. The minimum atomic E-state index is -2.68. The first kappa shape index (κ1) is 13.6. The topological polar surface area (TPSA) is 55.3 Å². The Bertz CT molecular complexity index is 492. The summed E-state index contributed by atoms with van der Waals surface area (Å²) in [7, 11) is 0.